The van der Waals surface area contributed by atoms with E-state index in [9.17, 15) is 10.1 Å². The standard InChI is InChI=1S/C13H19N5O3/c1-8-3-4-17(7-9(8)2)13-11(12(14)16-19)5-10(6-15-13)18(20)21/h5-6,8-9,19H,3-4,7H2,1-2H3,(H2,14,16). The van der Waals surface area contributed by atoms with Gasteiger partial charge in [-0.2, -0.15) is 0 Å². The highest BCUT2D eigenvalue weighted by Gasteiger charge is 2.27. The van der Waals surface area contributed by atoms with Crippen LogP contribution in [0.3, 0.4) is 0 Å². The minimum absolute atomic E-state index is 0.174. The molecule has 114 valence electrons. The van der Waals surface area contributed by atoms with E-state index in [4.69, 9.17) is 10.9 Å². The fourth-order valence-electron chi connectivity index (χ4n) is 2.50. The molecule has 0 saturated carbocycles. The molecule has 2 atom stereocenters. The van der Waals surface area contributed by atoms with Gasteiger partial charge in [0.15, 0.2) is 5.84 Å². The van der Waals surface area contributed by atoms with Crippen LogP contribution in [0, 0.1) is 22.0 Å². The van der Waals surface area contributed by atoms with Crippen LogP contribution in [0.4, 0.5) is 11.5 Å². The number of anilines is 1. The van der Waals surface area contributed by atoms with E-state index < -0.39 is 4.92 Å². The summed E-state index contributed by atoms with van der Waals surface area (Å²) in [5, 5.41) is 22.7. The van der Waals surface area contributed by atoms with Crippen molar-refractivity contribution in [2.45, 2.75) is 20.3 Å². The number of nitrogens with two attached hydrogens (primary N) is 1. The second kappa shape index (κ2) is 5.94. The minimum Gasteiger partial charge on any atom is -0.409 e. The van der Waals surface area contributed by atoms with Crippen molar-refractivity contribution in [1.29, 1.82) is 0 Å². The number of pyridine rings is 1. The summed E-state index contributed by atoms with van der Waals surface area (Å²) in [4.78, 5) is 16.5. The Morgan fingerprint density at radius 3 is 2.86 bits per heavy atom. The SMILES string of the molecule is CC1CCN(c2ncc([N+](=O)[O-])cc2C(N)=NO)CC1C. The first-order valence-electron chi connectivity index (χ1n) is 6.81. The molecule has 8 heteroatoms. The Balaban J connectivity index is 2.41. The van der Waals surface area contributed by atoms with Crippen LogP contribution in [0.2, 0.25) is 0 Å². The molecule has 3 N–H and O–H groups in total. The van der Waals surface area contributed by atoms with Crippen molar-refractivity contribution in [3.63, 3.8) is 0 Å². The normalized spacial score (nSPS) is 23.1. The summed E-state index contributed by atoms with van der Waals surface area (Å²) < 4.78 is 0. The van der Waals surface area contributed by atoms with Crippen molar-refractivity contribution >= 4 is 17.3 Å². The quantitative estimate of drug-likeness (QED) is 0.287. The van der Waals surface area contributed by atoms with Gasteiger partial charge in [0.2, 0.25) is 0 Å². The summed E-state index contributed by atoms with van der Waals surface area (Å²) in [6, 6.07) is 1.29. The van der Waals surface area contributed by atoms with Crippen molar-refractivity contribution in [1.82, 2.24) is 4.98 Å². The van der Waals surface area contributed by atoms with Gasteiger partial charge >= 0.3 is 0 Å². The molecule has 8 nitrogen and oxygen atoms in total. The number of hydrogen-bond donors (Lipinski definition) is 2. The third-order valence-corrected chi connectivity index (χ3v) is 4.08. The molecule has 0 spiro atoms. The Labute approximate surface area is 122 Å². The van der Waals surface area contributed by atoms with E-state index in [1.54, 1.807) is 0 Å². The van der Waals surface area contributed by atoms with E-state index in [1.807, 2.05) is 4.90 Å². The van der Waals surface area contributed by atoms with E-state index in [0.29, 0.717) is 17.7 Å². The Morgan fingerprint density at radius 2 is 2.29 bits per heavy atom. The molecule has 1 fully saturated rings. The molecule has 2 heterocycles. The molecule has 1 aromatic heterocycles. The third kappa shape index (κ3) is 3.04. The van der Waals surface area contributed by atoms with Crippen molar-refractivity contribution in [2.24, 2.45) is 22.7 Å². The highest BCUT2D eigenvalue weighted by molar-refractivity contribution is 6.02. The lowest BCUT2D eigenvalue weighted by atomic mass is 9.88. The number of aromatic nitrogens is 1. The summed E-state index contributed by atoms with van der Waals surface area (Å²) in [5.74, 6) is 1.45. The van der Waals surface area contributed by atoms with Gasteiger partial charge in [0, 0.05) is 19.2 Å². The number of oxime groups is 1. The number of rotatable bonds is 3. The third-order valence-electron chi connectivity index (χ3n) is 4.08. The van der Waals surface area contributed by atoms with Crippen LogP contribution in [0.5, 0.6) is 0 Å². The molecule has 1 aliphatic rings. The van der Waals surface area contributed by atoms with Gasteiger partial charge in [-0.05, 0) is 18.3 Å². The fourth-order valence-corrected chi connectivity index (χ4v) is 2.50. The molecule has 0 aromatic carbocycles. The zero-order valence-corrected chi connectivity index (χ0v) is 12.1. The zero-order valence-electron chi connectivity index (χ0n) is 12.1. The fraction of sp³-hybridized carbons (Fsp3) is 0.538. The second-order valence-electron chi connectivity index (χ2n) is 5.50. The molecule has 2 unspecified atom stereocenters. The first kappa shape index (κ1) is 15.0. The maximum absolute atomic E-state index is 10.9. The summed E-state index contributed by atoms with van der Waals surface area (Å²) in [5.41, 5.74) is 5.75. The van der Waals surface area contributed by atoms with Gasteiger partial charge in [0.05, 0.1) is 10.5 Å². The largest absolute Gasteiger partial charge is 0.409 e. The Morgan fingerprint density at radius 1 is 1.57 bits per heavy atom. The van der Waals surface area contributed by atoms with Crippen molar-refractivity contribution in [2.75, 3.05) is 18.0 Å². The molecule has 1 saturated heterocycles. The van der Waals surface area contributed by atoms with Crippen LogP contribution in [0.15, 0.2) is 17.4 Å². The molecule has 1 aromatic rings. The monoisotopic (exact) mass is 293 g/mol. The van der Waals surface area contributed by atoms with Crippen LogP contribution in [0.1, 0.15) is 25.8 Å². The molecule has 0 bridgehead atoms. The number of amidine groups is 1. The second-order valence-corrected chi connectivity index (χ2v) is 5.50. The summed E-state index contributed by atoms with van der Waals surface area (Å²) in [7, 11) is 0. The van der Waals surface area contributed by atoms with Gasteiger partial charge in [-0.3, -0.25) is 10.1 Å². The van der Waals surface area contributed by atoms with Gasteiger partial charge in [0.1, 0.15) is 12.0 Å². The van der Waals surface area contributed by atoms with Crippen LogP contribution in [-0.2, 0) is 0 Å². The minimum atomic E-state index is -0.550. The van der Waals surface area contributed by atoms with Crippen LogP contribution >= 0.6 is 0 Å². The first-order chi connectivity index (χ1) is 9.93. The van der Waals surface area contributed by atoms with Crippen molar-refractivity contribution < 1.29 is 10.1 Å². The molecule has 0 aliphatic carbocycles. The summed E-state index contributed by atoms with van der Waals surface area (Å²) in [6.45, 7) is 5.95. The maximum atomic E-state index is 10.9. The number of nitro groups is 1. The highest BCUT2D eigenvalue weighted by Crippen LogP contribution is 2.29. The van der Waals surface area contributed by atoms with E-state index in [2.05, 4.69) is 24.0 Å². The van der Waals surface area contributed by atoms with Crippen LogP contribution in [-0.4, -0.2) is 34.0 Å². The lowest BCUT2D eigenvalue weighted by Gasteiger charge is -2.36. The molecule has 21 heavy (non-hydrogen) atoms. The number of nitrogens with zero attached hydrogens (tertiary/aromatic N) is 4. The first-order valence-corrected chi connectivity index (χ1v) is 6.81. The van der Waals surface area contributed by atoms with Crippen LogP contribution in [0.25, 0.3) is 0 Å². The maximum Gasteiger partial charge on any atom is 0.288 e. The summed E-state index contributed by atoms with van der Waals surface area (Å²) >= 11 is 0. The van der Waals surface area contributed by atoms with Gasteiger partial charge in [-0.15, -0.1) is 0 Å². The molecule has 2 rings (SSSR count). The van der Waals surface area contributed by atoms with Crippen LogP contribution < -0.4 is 10.6 Å². The van der Waals surface area contributed by atoms with Gasteiger partial charge in [-0.25, -0.2) is 4.98 Å². The van der Waals surface area contributed by atoms with E-state index in [-0.39, 0.29) is 17.1 Å². The van der Waals surface area contributed by atoms with E-state index >= 15 is 0 Å². The highest BCUT2D eigenvalue weighted by atomic mass is 16.6. The molecule has 0 radical (unpaired) electrons. The van der Waals surface area contributed by atoms with E-state index in [1.165, 1.54) is 12.3 Å². The van der Waals surface area contributed by atoms with Gasteiger partial charge in [0.25, 0.3) is 5.69 Å². The molecule has 0 amide bonds. The lowest BCUT2D eigenvalue weighted by molar-refractivity contribution is -0.385. The van der Waals surface area contributed by atoms with Crippen molar-refractivity contribution in [3.8, 4) is 0 Å². The van der Waals surface area contributed by atoms with Gasteiger partial charge in [-0.1, -0.05) is 19.0 Å². The Kier molecular flexibility index (Phi) is 4.25. The topological polar surface area (TPSA) is 118 Å². The summed E-state index contributed by atoms with van der Waals surface area (Å²) in [6.07, 6.45) is 2.21. The lowest BCUT2D eigenvalue weighted by Crippen LogP contribution is -2.40. The number of hydrogen-bond acceptors (Lipinski definition) is 6. The van der Waals surface area contributed by atoms with Gasteiger partial charge < -0.3 is 15.8 Å². The average Bonchev–Trinajstić information content (AvgIpc) is 2.48. The molecular weight excluding hydrogens is 274 g/mol. The number of piperidine rings is 1. The predicted octanol–water partition coefficient (Wildman–Crippen LogP) is 1.57. The Bertz CT molecular complexity index is 575. The average molecular weight is 293 g/mol. The zero-order chi connectivity index (χ0) is 15.6. The molecular formula is C13H19N5O3. The van der Waals surface area contributed by atoms with E-state index in [0.717, 1.165) is 19.5 Å². The molecule has 1 aliphatic heterocycles. The smallest absolute Gasteiger partial charge is 0.288 e. The van der Waals surface area contributed by atoms with Crippen molar-refractivity contribution in [3.05, 3.63) is 27.9 Å². The Hall–Kier alpha value is -2.38. The predicted molar refractivity (Wildman–Crippen MR) is 78.6 cm³/mol.